The van der Waals surface area contributed by atoms with Gasteiger partial charge in [-0.05, 0) is 43.2 Å². The van der Waals surface area contributed by atoms with E-state index in [9.17, 15) is 0 Å². The van der Waals surface area contributed by atoms with E-state index in [0.29, 0.717) is 5.88 Å². The number of fused-ring (bicyclic) bond motifs is 1. The average molecular weight is 388 g/mol. The van der Waals surface area contributed by atoms with Crippen molar-refractivity contribution in [3.63, 3.8) is 0 Å². The van der Waals surface area contributed by atoms with Crippen molar-refractivity contribution in [2.24, 2.45) is 4.99 Å². The summed E-state index contributed by atoms with van der Waals surface area (Å²) in [5, 5.41) is 0. The highest BCUT2D eigenvalue weighted by atomic mass is 79.9. The molecule has 0 spiro atoms. The number of pyridine rings is 1. The van der Waals surface area contributed by atoms with Crippen LogP contribution < -0.4 is 4.74 Å². The molecular formula is C19H22BrN3O. The van der Waals surface area contributed by atoms with E-state index < -0.39 is 0 Å². The molecule has 1 heterocycles. The molecule has 5 heteroatoms. The van der Waals surface area contributed by atoms with Gasteiger partial charge in [0.15, 0.2) is 0 Å². The lowest BCUT2D eigenvalue weighted by atomic mass is 10.1. The number of aromatic nitrogens is 1. The first-order valence-corrected chi connectivity index (χ1v) is 9.00. The van der Waals surface area contributed by atoms with Crippen LogP contribution in [0.2, 0.25) is 0 Å². The van der Waals surface area contributed by atoms with Crippen LogP contribution in [0.3, 0.4) is 0 Å². The van der Waals surface area contributed by atoms with Crippen molar-refractivity contribution in [1.82, 2.24) is 9.88 Å². The zero-order chi connectivity index (χ0) is 17.1. The van der Waals surface area contributed by atoms with Crippen molar-refractivity contribution in [1.29, 1.82) is 0 Å². The third-order valence-corrected chi connectivity index (χ3v) is 4.77. The highest BCUT2D eigenvalue weighted by molar-refractivity contribution is 9.10. The van der Waals surface area contributed by atoms with Crippen molar-refractivity contribution in [3.05, 3.63) is 51.6 Å². The molecule has 4 nitrogen and oxygen atoms in total. The highest BCUT2D eigenvalue weighted by Gasteiger charge is 2.23. The van der Waals surface area contributed by atoms with Gasteiger partial charge in [0.05, 0.1) is 17.7 Å². The number of benzene rings is 1. The Bertz CT molecular complexity index is 760. The Labute approximate surface area is 151 Å². The van der Waals surface area contributed by atoms with Gasteiger partial charge >= 0.3 is 0 Å². The van der Waals surface area contributed by atoms with Gasteiger partial charge < -0.3 is 9.64 Å². The smallest absolute Gasteiger partial charge is 0.213 e. The Balaban J connectivity index is 1.67. The van der Waals surface area contributed by atoms with Crippen molar-refractivity contribution < 1.29 is 4.74 Å². The fraction of sp³-hybridized carbons (Fsp3) is 0.368. The topological polar surface area (TPSA) is 37.7 Å². The Morgan fingerprint density at radius 2 is 2.08 bits per heavy atom. The van der Waals surface area contributed by atoms with E-state index in [1.807, 2.05) is 37.3 Å². The summed E-state index contributed by atoms with van der Waals surface area (Å²) in [5.74, 6) is 0.673. The van der Waals surface area contributed by atoms with E-state index >= 15 is 0 Å². The molecule has 0 fully saturated rings. The molecule has 0 bridgehead atoms. The molecule has 1 unspecified atom stereocenters. The van der Waals surface area contributed by atoms with Crippen molar-refractivity contribution in [3.8, 4) is 5.88 Å². The Hall–Kier alpha value is -1.88. The maximum Gasteiger partial charge on any atom is 0.213 e. The fourth-order valence-electron chi connectivity index (χ4n) is 2.78. The lowest BCUT2D eigenvalue weighted by Gasteiger charge is -2.13. The van der Waals surface area contributed by atoms with E-state index in [1.165, 1.54) is 11.1 Å². The molecule has 1 atom stereocenters. The van der Waals surface area contributed by atoms with Crippen LogP contribution in [0.15, 0.2) is 39.8 Å². The normalized spacial score (nSPS) is 16.4. The van der Waals surface area contributed by atoms with Gasteiger partial charge in [-0.3, -0.25) is 0 Å². The van der Waals surface area contributed by atoms with Crippen molar-refractivity contribution in [2.45, 2.75) is 32.8 Å². The summed E-state index contributed by atoms with van der Waals surface area (Å²) in [5.41, 5.74) is 4.48. The molecule has 1 aliphatic rings. The fourth-order valence-corrected chi connectivity index (χ4v) is 3.18. The van der Waals surface area contributed by atoms with Gasteiger partial charge in [0, 0.05) is 37.0 Å². The van der Waals surface area contributed by atoms with Crippen molar-refractivity contribution in [2.75, 3.05) is 13.6 Å². The van der Waals surface area contributed by atoms with E-state index in [4.69, 9.17) is 4.74 Å². The quantitative estimate of drug-likeness (QED) is 0.566. The second-order valence-corrected chi connectivity index (χ2v) is 7.05. The molecule has 2 aromatic rings. The minimum absolute atomic E-state index is 0.154. The maximum absolute atomic E-state index is 6.09. The molecule has 126 valence electrons. The second kappa shape index (κ2) is 7.34. The Morgan fingerprint density at radius 1 is 1.29 bits per heavy atom. The summed E-state index contributed by atoms with van der Waals surface area (Å²) in [7, 11) is 2.00. The van der Waals surface area contributed by atoms with Gasteiger partial charge in [-0.2, -0.15) is 0 Å². The standard InChI is InChI=1S/C19H22BrN3O/c1-4-23(3)12-21-18-7-8-19(22-13(18)2)24-17-10-14-5-6-16(20)9-15(14)11-17/h5-9,12,17H,4,10-11H2,1-3H3. The highest BCUT2D eigenvalue weighted by Crippen LogP contribution is 2.28. The van der Waals surface area contributed by atoms with Crippen molar-refractivity contribution >= 4 is 28.0 Å². The number of hydrogen-bond acceptors (Lipinski definition) is 3. The summed E-state index contributed by atoms with van der Waals surface area (Å²) < 4.78 is 7.21. The molecule has 0 N–H and O–H groups in total. The number of ether oxygens (including phenoxy) is 1. The van der Waals surface area contributed by atoms with E-state index in [2.05, 4.69) is 51.0 Å². The van der Waals surface area contributed by atoms with Crippen LogP contribution in [0.5, 0.6) is 5.88 Å². The number of aryl methyl sites for hydroxylation is 1. The molecule has 0 radical (unpaired) electrons. The summed E-state index contributed by atoms with van der Waals surface area (Å²) in [6.07, 6.45) is 3.85. The molecule has 1 aromatic heterocycles. The van der Waals surface area contributed by atoms with Gasteiger partial charge in [-0.25, -0.2) is 9.98 Å². The summed E-state index contributed by atoms with van der Waals surface area (Å²) in [4.78, 5) is 11.1. The van der Waals surface area contributed by atoms with Gasteiger partial charge in [-0.15, -0.1) is 0 Å². The molecule has 0 saturated carbocycles. The first-order valence-electron chi connectivity index (χ1n) is 8.21. The minimum Gasteiger partial charge on any atom is -0.474 e. The lowest BCUT2D eigenvalue weighted by Crippen LogP contribution is -2.17. The van der Waals surface area contributed by atoms with Gasteiger partial charge in [0.25, 0.3) is 0 Å². The van der Waals surface area contributed by atoms with Crippen LogP contribution in [0, 0.1) is 6.92 Å². The summed E-state index contributed by atoms with van der Waals surface area (Å²) in [6.45, 7) is 4.98. The monoisotopic (exact) mass is 387 g/mol. The molecule has 0 amide bonds. The molecule has 1 aromatic carbocycles. The number of halogens is 1. The van der Waals surface area contributed by atoms with Gasteiger partial charge in [-0.1, -0.05) is 22.0 Å². The van der Waals surface area contributed by atoms with Crippen LogP contribution in [0.25, 0.3) is 0 Å². The Kier molecular flexibility index (Phi) is 5.19. The van der Waals surface area contributed by atoms with Crippen LogP contribution in [0.1, 0.15) is 23.7 Å². The predicted molar refractivity (Wildman–Crippen MR) is 101 cm³/mol. The van der Waals surface area contributed by atoms with Crippen LogP contribution in [-0.2, 0) is 12.8 Å². The summed E-state index contributed by atoms with van der Waals surface area (Å²) >= 11 is 3.53. The first kappa shape index (κ1) is 17.0. The zero-order valence-corrected chi connectivity index (χ0v) is 15.9. The molecule has 0 saturated heterocycles. The number of rotatable bonds is 5. The maximum atomic E-state index is 6.09. The Morgan fingerprint density at radius 3 is 2.83 bits per heavy atom. The molecule has 1 aliphatic carbocycles. The van der Waals surface area contributed by atoms with E-state index in [0.717, 1.165) is 35.2 Å². The van der Waals surface area contributed by atoms with E-state index in [1.54, 1.807) is 0 Å². The third-order valence-electron chi connectivity index (χ3n) is 4.28. The van der Waals surface area contributed by atoms with Crippen LogP contribution in [0.4, 0.5) is 5.69 Å². The zero-order valence-electron chi connectivity index (χ0n) is 14.3. The molecule has 0 aliphatic heterocycles. The minimum atomic E-state index is 0.154. The average Bonchev–Trinajstić information content (AvgIpc) is 2.95. The number of aliphatic imine (C=N–C) groups is 1. The SMILES string of the molecule is CCN(C)C=Nc1ccc(OC2Cc3ccc(Br)cc3C2)nc1C. The predicted octanol–water partition coefficient (Wildman–Crippen LogP) is 4.31. The summed E-state index contributed by atoms with van der Waals surface area (Å²) in [6, 6.07) is 10.3. The third kappa shape index (κ3) is 3.96. The van der Waals surface area contributed by atoms with Gasteiger partial charge in [0.2, 0.25) is 5.88 Å². The van der Waals surface area contributed by atoms with Gasteiger partial charge in [0.1, 0.15) is 6.10 Å². The first-order chi connectivity index (χ1) is 11.5. The second-order valence-electron chi connectivity index (χ2n) is 6.13. The number of hydrogen-bond donors (Lipinski definition) is 0. The lowest BCUT2D eigenvalue weighted by molar-refractivity contribution is 0.205. The molecule has 3 rings (SSSR count). The van der Waals surface area contributed by atoms with Crippen LogP contribution in [-0.4, -0.2) is 35.9 Å². The largest absolute Gasteiger partial charge is 0.474 e. The number of nitrogens with zero attached hydrogens (tertiary/aromatic N) is 3. The van der Waals surface area contributed by atoms with Crippen LogP contribution >= 0.6 is 15.9 Å². The molecule has 24 heavy (non-hydrogen) atoms. The van der Waals surface area contributed by atoms with E-state index in [-0.39, 0.29) is 6.10 Å². The molecular weight excluding hydrogens is 366 g/mol.